The van der Waals surface area contributed by atoms with E-state index in [9.17, 15) is 37.5 Å². The number of carbonyl (C=O) groups is 6. The second-order valence-electron chi connectivity index (χ2n) is 16.1. The number of amides is 6. The fourth-order valence-electron chi connectivity index (χ4n) is 9.59. The normalized spacial score (nSPS) is 21.3. The van der Waals surface area contributed by atoms with Crippen molar-refractivity contribution in [1.82, 2.24) is 34.7 Å². The summed E-state index contributed by atoms with van der Waals surface area (Å²) >= 11 is 6.26. The van der Waals surface area contributed by atoms with E-state index >= 15 is 0 Å². The number of benzene rings is 2. The molecule has 2 fully saturated rings. The van der Waals surface area contributed by atoms with Gasteiger partial charge in [-0.25, -0.2) is 8.78 Å². The molecule has 1 N–H and O–H groups in total. The Balaban J connectivity index is 0.881. The van der Waals surface area contributed by atoms with Gasteiger partial charge in [-0.05, 0) is 79.5 Å². The second-order valence-corrected chi connectivity index (χ2v) is 16.5. The average Bonchev–Trinajstić information content (AvgIpc) is 3.69. The van der Waals surface area contributed by atoms with Crippen LogP contribution in [0.2, 0.25) is 5.02 Å². The van der Waals surface area contributed by atoms with E-state index in [0.717, 1.165) is 39.3 Å². The van der Waals surface area contributed by atoms with E-state index in [-0.39, 0.29) is 59.0 Å². The molecule has 6 amide bonds. The van der Waals surface area contributed by atoms with Gasteiger partial charge >= 0.3 is 0 Å². The highest BCUT2D eigenvalue weighted by atomic mass is 35.5. The number of nitrogens with zero attached hydrogens (tertiary/aromatic N) is 7. The van der Waals surface area contributed by atoms with Crippen molar-refractivity contribution in [2.75, 3.05) is 44.2 Å². The van der Waals surface area contributed by atoms with Gasteiger partial charge in [0.15, 0.2) is 5.82 Å². The van der Waals surface area contributed by atoms with Crippen LogP contribution in [0, 0.1) is 0 Å². The zero-order valence-corrected chi connectivity index (χ0v) is 32.8. The minimum atomic E-state index is -2.72. The molecule has 7 heterocycles. The van der Waals surface area contributed by atoms with Crippen LogP contribution in [0.1, 0.15) is 106 Å². The number of imide groups is 2. The molecular weight excluding hydrogens is 774 g/mol. The van der Waals surface area contributed by atoms with E-state index in [1.807, 2.05) is 14.7 Å². The van der Waals surface area contributed by atoms with E-state index in [4.69, 9.17) is 16.7 Å². The highest BCUT2D eigenvalue weighted by Crippen LogP contribution is 2.43. The molecule has 0 radical (unpaired) electrons. The molecule has 1 unspecified atom stereocenters. The van der Waals surface area contributed by atoms with Crippen LogP contribution >= 0.6 is 11.6 Å². The predicted molar refractivity (Wildman–Crippen MR) is 206 cm³/mol. The number of hydrogen-bond acceptors (Lipinski definition) is 9. The average molecular weight is 817 g/mol. The minimum absolute atomic E-state index is 0.00273. The monoisotopic (exact) mass is 816 g/mol. The van der Waals surface area contributed by atoms with Crippen LogP contribution in [0.25, 0.3) is 0 Å². The van der Waals surface area contributed by atoms with Gasteiger partial charge in [0.2, 0.25) is 23.6 Å². The number of carbonyl (C=O) groups excluding carboxylic acids is 6. The molecule has 0 bridgehead atoms. The second kappa shape index (κ2) is 14.9. The first-order valence-electron chi connectivity index (χ1n) is 20.0. The van der Waals surface area contributed by atoms with Crippen LogP contribution in [-0.4, -0.2) is 110 Å². The van der Waals surface area contributed by atoms with E-state index in [1.165, 1.54) is 6.07 Å². The van der Waals surface area contributed by atoms with Gasteiger partial charge < -0.3 is 14.7 Å². The van der Waals surface area contributed by atoms with Gasteiger partial charge in [-0.3, -0.25) is 48.6 Å². The summed E-state index contributed by atoms with van der Waals surface area (Å²) in [7, 11) is 0. The maximum atomic E-state index is 14.0. The van der Waals surface area contributed by atoms with Gasteiger partial charge in [-0.15, -0.1) is 0 Å². The molecule has 2 saturated heterocycles. The van der Waals surface area contributed by atoms with Crippen molar-refractivity contribution < 1.29 is 37.5 Å². The van der Waals surface area contributed by atoms with E-state index in [1.54, 1.807) is 30.0 Å². The summed E-state index contributed by atoms with van der Waals surface area (Å²) in [5.41, 5.74) is 5.56. The Morgan fingerprint density at radius 3 is 2.29 bits per heavy atom. The van der Waals surface area contributed by atoms with Crippen LogP contribution in [0.4, 0.5) is 20.3 Å². The molecule has 2 aromatic carbocycles. The van der Waals surface area contributed by atoms with E-state index < -0.39 is 36.1 Å². The number of likely N-dealkylation sites (tertiary alicyclic amines) is 1. The molecule has 0 spiro atoms. The van der Waals surface area contributed by atoms with Crippen LogP contribution in [-0.2, 0) is 51.5 Å². The number of rotatable bonds is 6. The van der Waals surface area contributed by atoms with Gasteiger partial charge in [0, 0.05) is 86.6 Å². The van der Waals surface area contributed by atoms with Crippen LogP contribution in [0.3, 0.4) is 0 Å². The van der Waals surface area contributed by atoms with Crippen molar-refractivity contribution >= 4 is 58.5 Å². The number of piperidine rings is 2. The third-order valence-electron chi connectivity index (χ3n) is 12.7. The number of alkyl halides is 2. The molecule has 6 aliphatic heterocycles. The summed E-state index contributed by atoms with van der Waals surface area (Å²) < 4.78 is 30.0. The molecule has 304 valence electrons. The molecule has 58 heavy (non-hydrogen) atoms. The lowest BCUT2D eigenvalue weighted by Crippen LogP contribution is -2.54. The molecule has 14 nitrogen and oxygen atoms in total. The van der Waals surface area contributed by atoms with Gasteiger partial charge in [-0.2, -0.15) is 5.10 Å². The topological polar surface area (TPSA) is 148 Å². The van der Waals surface area contributed by atoms with Gasteiger partial charge in [0.1, 0.15) is 6.04 Å². The molecule has 1 aromatic heterocycles. The fraction of sp³-hybridized carbons (Fsp3) is 0.488. The zero-order chi connectivity index (χ0) is 40.6. The van der Waals surface area contributed by atoms with Crippen LogP contribution in [0.5, 0.6) is 0 Å². The maximum absolute atomic E-state index is 14.0. The molecule has 3 aromatic rings. The van der Waals surface area contributed by atoms with Crippen LogP contribution < -0.4 is 10.2 Å². The summed E-state index contributed by atoms with van der Waals surface area (Å²) in [4.78, 5) is 85.8. The summed E-state index contributed by atoms with van der Waals surface area (Å²) in [6, 6.07) is 5.54. The Hall–Kier alpha value is -5.22. The lowest BCUT2D eigenvalue weighted by molar-refractivity contribution is -0.136. The first-order valence-corrected chi connectivity index (χ1v) is 20.3. The third-order valence-corrected chi connectivity index (χ3v) is 13.0. The van der Waals surface area contributed by atoms with Crippen molar-refractivity contribution in [3.63, 3.8) is 0 Å². The Morgan fingerprint density at radius 1 is 0.845 bits per heavy atom. The molecule has 0 aliphatic carbocycles. The minimum Gasteiger partial charge on any atom is -0.341 e. The number of hydrogen-bond donors (Lipinski definition) is 1. The number of fused-ring (bicyclic) bond motifs is 4. The first kappa shape index (κ1) is 38.3. The standard InChI is InChI=1S/C41H43ClF2N8O6/c1-22(53)49-14-9-32-30(20-49)38(50-10-2-3-24-17-31(42)29(37(43)44)18-34(24)50)46-52(32)26-7-12-48(13-8-26)36(55)21-47-11-6-23-15-27-28(16-25(23)19-47)41(58)51(40(27)57)33-4-5-35(54)45-39(33)56/h15-18,26,33,37H,2-14,19-21H2,1H3,(H,45,54,56). The highest BCUT2D eigenvalue weighted by Gasteiger charge is 2.45. The smallest absolute Gasteiger partial charge is 0.265 e. The summed E-state index contributed by atoms with van der Waals surface area (Å²) in [5.74, 6) is -1.53. The summed E-state index contributed by atoms with van der Waals surface area (Å²) in [6.45, 7) is 5.34. The van der Waals surface area contributed by atoms with E-state index in [2.05, 4.69) is 10.00 Å². The quantitative estimate of drug-likeness (QED) is 0.364. The Labute approximate surface area is 338 Å². The number of aryl methyl sites for hydroxylation is 1. The number of nitrogens with one attached hydrogen (secondary N) is 1. The SMILES string of the molecule is CC(=O)N1CCc2c(c(N3CCCc4cc(Cl)c(C(F)F)cc43)nn2C2CCN(C(=O)CN3CCc4cc5c(cc4C3)C(=O)N(C3CCC(=O)NC3=O)C5=O)CC2)C1. The molecule has 17 heteroatoms. The molecule has 9 rings (SSSR count). The lowest BCUT2D eigenvalue weighted by Gasteiger charge is -2.36. The Bertz CT molecular complexity index is 2290. The maximum Gasteiger partial charge on any atom is 0.265 e. The molecule has 6 aliphatic rings. The van der Waals surface area contributed by atoms with Crippen molar-refractivity contribution in [2.24, 2.45) is 0 Å². The molecule has 1 atom stereocenters. The summed E-state index contributed by atoms with van der Waals surface area (Å²) in [6.07, 6.45) is 1.46. The van der Waals surface area contributed by atoms with Gasteiger partial charge in [-0.1, -0.05) is 11.6 Å². The Morgan fingerprint density at radius 2 is 1.59 bits per heavy atom. The Kier molecular flexibility index (Phi) is 9.82. The van der Waals surface area contributed by atoms with Gasteiger partial charge in [0.25, 0.3) is 18.2 Å². The molecular formula is C41H43ClF2N8O6. The largest absolute Gasteiger partial charge is 0.341 e. The fourth-order valence-corrected chi connectivity index (χ4v) is 9.86. The van der Waals surface area contributed by atoms with Crippen molar-refractivity contribution in [2.45, 2.75) is 89.9 Å². The van der Waals surface area contributed by atoms with Crippen molar-refractivity contribution in [1.29, 1.82) is 0 Å². The first-order chi connectivity index (χ1) is 27.9. The summed E-state index contributed by atoms with van der Waals surface area (Å²) in [5, 5.41) is 7.45. The van der Waals surface area contributed by atoms with Crippen LogP contribution in [0.15, 0.2) is 24.3 Å². The molecule has 0 saturated carbocycles. The zero-order valence-electron chi connectivity index (χ0n) is 32.1. The highest BCUT2D eigenvalue weighted by molar-refractivity contribution is 6.31. The van der Waals surface area contributed by atoms with E-state index in [0.29, 0.717) is 89.4 Å². The number of anilines is 2. The number of halogens is 3. The predicted octanol–water partition coefficient (Wildman–Crippen LogP) is 4.09. The number of aromatic nitrogens is 2. The van der Waals surface area contributed by atoms with Gasteiger partial charge in [0.05, 0.1) is 30.3 Å². The lowest BCUT2D eigenvalue weighted by atomic mass is 9.94. The van der Waals surface area contributed by atoms with Crippen molar-refractivity contribution in [3.05, 3.63) is 73.9 Å². The van der Waals surface area contributed by atoms with Crippen molar-refractivity contribution in [3.8, 4) is 0 Å². The third kappa shape index (κ3) is 6.63.